The average Bonchev–Trinajstić information content (AvgIpc) is 2.93. The van der Waals surface area contributed by atoms with E-state index in [0.717, 1.165) is 63.0 Å². The zero-order chi connectivity index (χ0) is 28.4. The van der Waals surface area contributed by atoms with Crippen molar-refractivity contribution in [1.82, 2.24) is 15.2 Å². The molecule has 1 fully saturated rings. The molecule has 0 spiro atoms. The number of nitrogens with zero attached hydrogens (tertiary/aromatic N) is 2. The summed E-state index contributed by atoms with van der Waals surface area (Å²) in [4.78, 5) is 19.1. The van der Waals surface area contributed by atoms with Crippen molar-refractivity contribution in [3.63, 3.8) is 0 Å². The highest BCUT2D eigenvalue weighted by Crippen LogP contribution is 2.37. The summed E-state index contributed by atoms with van der Waals surface area (Å²) in [5.41, 5.74) is 1.62. The summed E-state index contributed by atoms with van der Waals surface area (Å²) in [6.45, 7) is 12.4. The maximum absolute atomic E-state index is 12.2. The van der Waals surface area contributed by atoms with E-state index in [-0.39, 0.29) is 23.9 Å². The van der Waals surface area contributed by atoms with Gasteiger partial charge < -0.3 is 29.6 Å². The average molecular weight is 587 g/mol. The van der Waals surface area contributed by atoms with Gasteiger partial charge in [0.25, 0.3) is 0 Å². The van der Waals surface area contributed by atoms with E-state index < -0.39 is 0 Å². The Morgan fingerprint density at radius 2 is 1.78 bits per heavy atom. The van der Waals surface area contributed by atoms with Crippen LogP contribution < -0.4 is 24.8 Å². The van der Waals surface area contributed by atoms with Gasteiger partial charge in [-0.15, -0.1) is 12.4 Å². The molecule has 3 aromatic rings. The molecular weight excluding hydrogens is 544 g/mol. The summed E-state index contributed by atoms with van der Waals surface area (Å²) >= 11 is 0. The van der Waals surface area contributed by atoms with Crippen LogP contribution in [0.5, 0.6) is 23.0 Å². The number of anilines is 1. The van der Waals surface area contributed by atoms with E-state index in [1.54, 1.807) is 13.3 Å². The van der Waals surface area contributed by atoms with Crippen molar-refractivity contribution in [3.05, 3.63) is 48.7 Å². The number of carbonyl (C=O) groups is 1. The van der Waals surface area contributed by atoms with E-state index in [1.165, 1.54) is 0 Å². The van der Waals surface area contributed by atoms with Crippen molar-refractivity contribution in [2.75, 3.05) is 58.4 Å². The number of urea groups is 1. The van der Waals surface area contributed by atoms with Gasteiger partial charge in [-0.25, -0.2) is 4.79 Å². The number of methoxy groups -OCH3 is 1. The van der Waals surface area contributed by atoms with Crippen LogP contribution in [0.15, 0.2) is 48.7 Å². The first-order chi connectivity index (χ1) is 19.3. The van der Waals surface area contributed by atoms with E-state index in [1.807, 2.05) is 42.5 Å². The highest BCUT2D eigenvalue weighted by atomic mass is 35.5. The third-order valence-corrected chi connectivity index (χ3v) is 6.72. The van der Waals surface area contributed by atoms with Gasteiger partial charge in [-0.2, -0.15) is 0 Å². The Morgan fingerprint density at radius 3 is 2.49 bits per heavy atom. The van der Waals surface area contributed by atoms with Gasteiger partial charge in [0.15, 0.2) is 11.5 Å². The molecule has 224 valence electrons. The van der Waals surface area contributed by atoms with Gasteiger partial charge in [0, 0.05) is 43.0 Å². The maximum Gasteiger partial charge on any atom is 0.319 e. The Morgan fingerprint density at radius 1 is 1.02 bits per heavy atom. The number of rotatable bonds is 12. The summed E-state index contributed by atoms with van der Waals surface area (Å²) in [6.07, 6.45) is 4.65. The minimum absolute atomic E-state index is 0. The molecular formula is C31H43ClN4O5. The van der Waals surface area contributed by atoms with Crippen LogP contribution in [0.3, 0.4) is 0 Å². The molecule has 2 heterocycles. The molecule has 0 radical (unpaired) electrons. The van der Waals surface area contributed by atoms with E-state index in [4.69, 9.17) is 18.9 Å². The number of unbranched alkanes of at least 4 members (excludes halogenated alkanes) is 1. The summed E-state index contributed by atoms with van der Waals surface area (Å²) in [6, 6.07) is 12.7. The highest BCUT2D eigenvalue weighted by Gasteiger charge is 2.14. The number of halogens is 1. The molecule has 0 unspecified atom stereocenters. The van der Waals surface area contributed by atoms with Crippen molar-refractivity contribution in [2.24, 2.45) is 5.41 Å². The lowest BCUT2D eigenvalue weighted by Gasteiger charge is -2.26. The van der Waals surface area contributed by atoms with E-state index in [9.17, 15) is 4.79 Å². The minimum Gasteiger partial charge on any atom is -0.493 e. The number of morpholine rings is 1. The largest absolute Gasteiger partial charge is 0.493 e. The first-order valence-corrected chi connectivity index (χ1v) is 14.0. The number of hydrogen-bond donors (Lipinski definition) is 2. The molecule has 4 rings (SSSR count). The fourth-order valence-corrected chi connectivity index (χ4v) is 4.39. The molecule has 1 aromatic heterocycles. The Kier molecular flexibility index (Phi) is 12.3. The van der Waals surface area contributed by atoms with Crippen LogP contribution in [0, 0.1) is 5.41 Å². The number of amides is 2. The third-order valence-electron chi connectivity index (χ3n) is 6.72. The minimum atomic E-state index is -0.222. The first kappa shape index (κ1) is 32.2. The Balaban J connectivity index is 0.00000462. The fraction of sp³-hybridized carbons (Fsp3) is 0.484. The van der Waals surface area contributed by atoms with E-state index in [0.29, 0.717) is 41.8 Å². The number of nitrogens with one attached hydrogen (secondary N) is 2. The third kappa shape index (κ3) is 10.3. The topological polar surface area (TPSA) is 94.2 Å². The molecule has 2 N–H and O–H groups in total. The van der Waals surface area contributed by atoms with Gasteiger partial charge in [-0.05, 0) is 67.6 Å². The number of benzene rings is 2. The van der Waals surface area contributed by atoms with E-state index >= 15 is 0 Å². The number of fused-ring (bicyclic) bond motifs is 1. The Labute approximate surface area is 249 Å². The lowest BCUT2D eigenvalue weighted by molar-refractivity contribution is 0.0368. The van der Waals surface area contributed by atoms with Crippen molar-refractivity contribution >= 4 is 35.0 Å². The fourth-order valence-electron chi connectivity index (χ4n) is 4.39. The van der Waals surface area contributed by atoms with Crippen LogP contribution in [0.4, 0.5) is 10.5 Å². The lowest BCUT2D eigenvalue weighted by Crippen LogP contribution is -2.36. The van der Waals surface area contributed by atoms with Gasteiger partial charge in [0.05, 0.1) is 32.4 Å². The van der Waals surface area contributed by atoms with Crippen LogP contribution in [-0.4, -0.2) is 69.0 Å². The van der Waals surface area contributed by atoms with Gasteiger partial charge in [0.1, 0.15) is 11.5 Å². The van der Waals surface area contributed by atoms with E-state index in [2.05, 4.69) is 41.3 Å². The zero-order valence-electron chi connectivity index (χ0n) is 24.5. The number of ether oxygens (including phenoxy) is 4. The molecule has 0 aliphatic carbocycles. The molecule has 0 saturated carbocycles. The molecule has 0 bridgehead atoms. The number of hydrogen-bond acceptors (Lipinski definition) is 7. The highest BCUT2D eigenvalue weighted by molar-refractivity contribution is 5.90. The first-order valence-electron chi connectivity index (χ1n) is 14.0. The van der Waals surface area contributed by atoms with Crippen LogP contribution in [0.2, 0.25) is 0 Å². The molecule has 0 atom stereocenters. The predicted octanol–water partition coefficient (Wildman–Crippen LogP) is 6.51. The SMILES string of the molecule is COc1cc2c(Oc3ccc(NC(=O)NCCC(C)(C)C)cc3)ccnc2cc1OCCCCN1CCOCC1.Cl. The van der Waals surface area contributed by atoms with Gasteiger partial charge in [-0.3, -0.25) is 9.88 Å². The summed E-state index contributed by atoms with van der Waals surface area (Å²) in [7, 11) is 1.63. The molecule has 9 nitrogen and oxygen atoms in total. The quantitative estimate of drug-likeness (QED) is 0.234. The van der Waals surface area contributed by atoms with Crippen LogP contribution in [0.25, 0.3) is 10.9 Å². The molecule has 1 saturated heterocycles. The van der Waals surface area contributed by atoms with Crippen molar-refractivity contribution in [3.8, 4) is 23.0 Å². The predicted molar refractivity (Wildman–Crippen MR) is 165 cm³/mol. The van der Waals surface area contributed by atoms with Crippen LogP contribution in [-0.2, 0) is 4.74 Å². The summed E-state index contributed by atoms with van der Waals surface area (Å²) < 4.78 is 23.3. The maximum atomic E-state index is 12.2. The molecule has 1 aliphatic rings. The van der Waals surface area contributed by atoms with Gasteiger partial charge in [0.2, 0.25) is 0 Å². The van der Waals surface area contributed by atoms with Crippen LogP contribution >= 0.6 is 12.4 Å². The molecule has 41 heavy (non-hydrogen) atoms. The Hall–Kier alpha value is -3.27. The molecule has 10 heteroatoms. The van der Waals surface area contributed by atoms with Crippen molar-refractivity contribution in [1.29, 1.82) is 0 Å². The van der Waals surface area contributed by atoms with Crippen molar-refractivity contribution < 1.29 is 23.7 Å². The molecule has 2 aromatic carbocycles. The number of pyridine rings is 1. The monoisotopic (exact) mass is 586 g/mol. The number of aromatic nitrogens is 1. The second-order valence-corrected chi connectivity index (χ2v) is 11.2. The summed E-state index contributed by atoms with van der Waals surface area (Å²) in [5, 5.41) is 6.57. The summed E-state index contributed by atoms with van der Waals surface area (Å²) in [5.74, 6) is 2.60. The smallest absolute Gasteiger partial charge is 0.319 e. The van der Waals surface area contributed by atoms with Gasteiger partial charge in [-0.1, -0.05) is 20.8 Å². The normalized spacial score (nSPS) is 13.8. The standard InChI is InChI=1S/C31H42N4O5.ClH/c1-31(2,3)12-14-33-30(36)34-23-7-9-24(10-8-23)40-27-11-13-32-26-22-29(28(37-4)21-25(26)27)39-18-6-5-15-35-16-19-38-20-17-35;/h7-11,13,21-22H,5-6,12,14-20H2,1-4H3,(H2,33,34,36);1H. The van der Waals surface area contributed by atoms with Crippen LogP contribution in [0.1, 0.15) is 40.0 Å². The molecule has 2 amide bonds. The lowest BCUT2D eigenvalue weighted by atomic mass is 9.92. The second kappa shape index (κ2) is 15.7. The second-order valence-electron chi connectivity index (χ2n) is 11.2. The molecule has 1 aliphatic heterocycles. The van der Waals surface area contributed by atoms with Crippen molar-refractivity contribution in [2.45, 2.75) is 40.0 Å². The number of carbonyl (C=O) groups excluding carboxylic acids is 1. The van der Waals surface area contributed by atoms with Gasteiger partial charge >= 0.3 is 6.03 Å². The Bertz CT molecular complexity index is 1240. The zero-order valence-corrected chi connectivity index (χ0v) is 25.4.